The molecule has 0 spiro atoms. The predicted octanol–water partition coefficient (Wildman–Crippen LogP) is 5.94. The van der Waals surface area contributed by atoms with Crippen LogP contribution in [0.3, 0.4) is 0 Å². The maximum Gasteiger partial charge on any atom is 0.416 e. The number of anilines is 1. The Kier molecular flexibility index (Phi) is 7.89. The number of carbonyl (C=O) groups is 1. The molecule has 192 valence electrons. The highest BCUT2D eigenvalue weighted by Crippen LogP contribution is 2.35. The highest BCUT2D eigenvalue weighted by Gasteiger charge is 2.32. The number of rotatable bonds is 6. The standard InChI is InChI=1S/C28H31F3N2O3/c1-18-16-33(17-19(2)35-18)24-9-3-20(4-10-24)13-26(34)21-6-11-25(12-7-21)36-27-14-23(28(29,30)31)8-5-22(27)15-32/h3-5,8-10,14,18-19,21,25H,6-7,11-13,16-17H2,1-2H3/t18-,19+,21?,25?. The zero-order chi connectivity index (χ0) is 25.9. The van der Waals surface area contributed by atoms with Gasteiger partial charge in [0.05, 0.1) is 29.4 Å². The van der Waals surface area contributed by atoms with Crippen LogP contribution in [0.1, 0.15) is 56.2 Å². The molecule has 36 heavy (non-hydrogen) atoms. The lowest BCUT2D eigenvalue weighted by Gasteiger charge is -2.36. The van der Waals surface area contributed by atoms with Gasteiger partial charge in [-0.1, -0.05) is 12.1 Å². The molecule has 2 aromatic carbocycles. The molecule has 2 aliphatic rings. The van der Waals surface area contributed by atoms with Crippen LogP contribution in [-0.4, -0.2) is 37.2 Å². The van der Waals surface area contributed by atoms with E-state index in [9.17, 15) is 23.2 Å². The molecule has 1 aliphatic carbocycles. The molecule has 0 N–H and O–H groups in total. The van der Waals surface area contributed by atoms with Crippen LogP contribution in [0.15, 0.2) is 42.5 Å². The Bertz CT molecular complexity index is 1090. The molecule has 4 rings (SSSR count). The molecule has 2 aromatic rings. The Hall–Kier alpha value is -3.05. The number of Topliss-reactive ketones (excluding diaryl/α,β-unsaturated/α-hetero) is 1. The average Bonchev–Trinajstić information content (AvgIpc) is 2.83. The van der Waals surface area contributed by atoms with E-state index in [-0.39, 0.29) is 41.3 Å². The van der Waals surface area contributed by atoms with Gasteiger partial charge in [0, 0.05) is 31.1 Å². The van der Waals surface area contributed by atoms with Crippen LogP contribution in [-0.2, 0) is 22.1 Å². The van der Waals surface area contributed by atoms with Crippen LogP contribution in [0.25, 0.3) is 0 Å². The lowest BCUT2D eigenvalue weighted by Crippen LogP contribution is -2.45. The van der Waals surface area contributed by atoms with Crippen molar-refractivity contribution in [3.63, 3.8) is 0 Å². The van der Waals surface area contributed by atoms with E-state index in [0.717, 1.165) is 42.5 Å². The third-order valence-corrected chi connectivity index (χ3v) is 6.95. The number of benzene rings is 2. The Labute approximate surface area is 209 Å². The monoisotopic (exact) mass is 500 g/mol. The molecular weight excluding hydrogens is 469 g/mol. The first kappa shape index (κ1) is 26.0. The Balaban J connectivity index is 1.30. The van der Waals surface area contributed by atoms with Crippen LogP contribution in [0, 0.1) is 17.2 Å². The topological polar surface area (TPSA) is 62.6 Å². The number of ketones is 1. The molecule has 0 amide bonds. The van der Waals surface area contributed by atoms with E-state index in [1.807, 2.05) is 18.2 Å². The number of carbonyl (C=O) groups excluding carboxylic acids is 1. The van der Waals surface area contributed by atoms with Crippen LogP contribution in [0.5, 0.6) is 5.75 Å². The van der Waals surface area contributed by atoms with Crippen molar-refractivity contribution < 1.29 is 27.4 Å². The molecule has 0 unspecified atom stereocenters. The van der Waals surface area contributed by atoms with Crippen LogP contribution < -0.4 is 9.64 Å². The van der Waals surface area contributed by atoms with Gasteiger partial charge in [-0.25, -0.2) is 0 Å². The largest absolute Gasteiger partial charge is 0.489 e. The van der Waals surface area contributed by atoms with Gasteiger partial charge in [0.1, 0.15) is 17.6 Å². The summed E-state index contributed by atoms with van der Waals surface area (Å²) in [5.41, 5.74) is 1.32. The van der Waals surface area contributed by atoms with Gasteiger partial charge in [0.2, 0.25) is 0 Å². The SMILES string of the molecule is C[C@@H]1CN(c2ccc(CC(=O)C3CCC(Oc4cc(C(F)(F)F)ccc4C#N)CC3)cc2)C[C@H](C)O1. The van der Waals surface area contributed by atoms with Gasteiger partial charge in [0.25, 0.3) is 0 Å². The zero-order valence-corrected chi connectivity index (χ0v) is 20.6. The van der Waals surface area contributed by atoms with Gasteiger partial charge in [-0.3, -0.25) is 4.79 Å². The minimum Gasteiger partial charge on any atom is -0.489 e. The fourth-order valence-corrected chi connectivity index (χ4v) is 5.13. The highest BCUT2D eigenvalue weighted by atomic mass is 19.4. The lowest BCUT2D eigenvalue weighted by atomic mass is 9.83. The van der Waals surface area contributed by atoms with Crippen LogP contribution in [0.2, 0.25) is 0 Å². The van der Waals surface area contributed by atoms with Crippen LogP contribution >= 0.6 is 0 Å². The molecule has 1 saturated heterocycles. The molecule has 0 aromatic heterocycles. The summed E-state index contributed by atoms with van der Waals surface area (Å²) in [6, 6.07) is 12.9. The third-order valence-electron chi connectivity index (χ3n) is 6.95. The Morgan fingerprint density at radius 2 is 1.69 bits per heavy atom. The predicted molar refractivity (Wildman–Crippen MR) is 130 cm³/mol. The summed E-state index contributed by atoms with van der Waals surface area (Å²) in [7, 11) is 0. The van der Waals surface area contributed by atoms with E-state index < -0.39 is 11.7 Å². The molecule has 0 bridgehead atoms. The second kappa shape index (κ2) is 10.9. The van der Waals surface area contributed by atoms with E-state index in [0.29, 0.717) is 32.1 Å². The van der Waals surface area contributed by atoms with Crippen molar-refractivity contribution in [1.29, 1.82) is 5.26 Å². The molecule has 8 heteroatoms. The second-order valence-corrected chi connectivity index (χ2v) is 9.88. The van der Waals surface area contributed by atoms with E-state index in [4.69, 9.17) is 9.47 Å². The van der Waals surface area contributed by atoms with Crippen molar-refractivity contribution in [3.8, 4) is 11.8 Å². The smallest absolute Gasteiger partial charge is 0.416 e. The van der Waals surface area contributed by atoms with Crippen molar-refractivity contribution >= 4 is 11.5 Å². The summed E-state index contributed by atoms with van der Waals surface area (Å²) in [6.45, 7) is 5.81. The summed E-state index contributed by atoms with van der Waals surface area (Å²) in [5.74, 6) is 0.0280. The normalized spacial score (nSPS) is 24.7. The summed E-state index contributed by atoms with van der Waals surface area (Å²) in [6.07, 6.45) is -1.76. The average molecular weight is 501 g/mol. The van der Waals surface area contributed by atoms with Crippen molar-refractivity contribution in [2.45, 2.75) is 70.4 Å². The van der Waals surface area contributed by atoms with Crippen molar-refractivity contribution in [1.82, 2.24) is 0 Å². The van der Waals surface area contributed by atoms with Gasteiger partial charge >= 0.3 is 6.18 Å². The number of alkyl halides is 3. The molecular formula is C28H31F3N2O3. The summed E-state index contributed by atoms with van der Waals surface area (Å²) in [4.78, 5) is 15.2. The van der Waals surface area contributed by atoms with Gasteiger partial charge in [-0.2, -0.15) is 18.4 Å². The second-order valence-electron chi connectivity index (χ2n) is 9.88. The minimum absolute atomic E-state index is 0.0498. The van der Waals surface area contributed by atoms with E-state index in [2.05, 4.69) is 30.9 Å². The number of hydrogen-bond donors (Lipinski definition) is 0. The third kappa shape index (κ3) is 6.38. The number of nitrogens with zero attached hydrogens (tertiary/aromatic N) is 2. The Morgan fingerprint density at radius 1 is 1.06 bits per heavy atom. The molecule has 2 fully saturated rings. The van der Waals surface area contributed by atoms with Gasteiger partial charge in [0.15, 0.2) is 0 Å². The number of hydrogen-bond acceptors (Lipinski definition) is 5. The Morgan fingerprint density at radius 3 is 2.28 bits per heavy atom. The van der Waals surface area contributed by atoms with Gasteiger partial charge in [-0.15, -0.1) is 0 Å². The highest BCUT2D eigenvalue weighted by molar-refractivity contribution is 5.83. The fourth-order valence-electron chi connectivity index (χ4n) is 5.13. The lowest BCUT2D eigenvalue weighted by molar-refractivity contribution is -0.137. The zero-order valence-electron chi connectivity index (χ0n) is 20.6. The van der Waals surface area contributed by atoms with Gasteiger partial charge < -0.3 is 14.4 Å². The van der Waals surface area contributed by atoms with Crippen molar-refractivity contribution in [3.05, 3.63) is 59.2 Å². The van der Waals surface area contributed by atoms with Gasteiger partial charge in [-0.05, 0) is 75.4 Å². The van der Waals surface area contributed by atoms with E-state index in [1.165, 1.54) is 0 Å². The summed E-state index contributed by atoms with van der Waals surface area (Å²) < 4.78 is 50.8. The minimum atomic E-state index is -4.51. The molecule has 1 saturated carbocycles. The van der Waals surface area contributed by atoms with E-state index in [1.54, 1.807) is 0 Å². The quantitative estimate of drug-likeness (QED) is 0.491. The number of ether oxygens (including phenoxy) is 2. The first-order valence-electron chi connectivity index (χ1n) is 12.4. The molecule has 2 atom stereocenters. The summed E-state index contributed by atoms with van der Waals surface area (Å²) >= 11 is 0. The molecule has 5 nitrogen and oxygen atoms in total. The maximum atomic E-state index is 13.1. The van der Waals surface area contributed by atoms with Crippen LogP contribution in [0.4, 0.5) is 18.9 Å². The first-order chi connectivity index (χ1) is 17.1. The number of nitriles is 1. The molecule has 1 aliphatic heterocycles. The molecule has 0 radical (unpaired) electrons. The van der Waals surface area contributed by atoms with Crippen molar-refractivity contribution in [2.75, 3.05) is 18.0 Å². The number of morpholine rings is 1. The van der Waals surface area contributed by atoms with E-state index >= 15 is 0 Å². The van der Waals surface area contributed by atoms with Crippen molar-refractivity contribution in [2.24, 2.45) is 5.92 Å². The maximum absolute atomic E-state index is 13.1. The summed E-state index contributed by atoms with van der Waals surface area (Å²) in [5, 5.41) is 9.25. The first-order valence-corrected chi connectivity index (χ1v) is 12.4. The molecule has 1 heterocycles. The fraction of sp³-hybridized carbons (Fsp3) is 0.500. The number of halogens is 3.